The van der Waals surface area contributed by atoms with E-state index in [1.54, 1.807) is 6.07 Å². The molecule has 0 aromatic heterocycles. The van der Waals surface area contributed by atoms with E-state index < -0.39 is 0 Å². The average Bonchev–Trinajstić information content (AvgIpc) is 2.89. The van der Waals surface area contributed by atoms with Gasteiger partial charge < -0.3 is 20.4 Å². The van der Waals surface area contributed by atoms with Gasteiger partial charge in [0, 0.05) is 11.5 Å². The lowest BCUT2D eigenvalue weighted by Crippen LogP contribution is -2.12. The van der Waals surface area contributed by atoms with E-state index in [-0.39, 0.29) is 17.4 Å². The van der Waals surface area contributed by atoms with Crippen molar-refractivity contribution in [1.29, 1.82) is 0 Å². The third-order valence-electron chi connectivity index (χ3n) is 8.90. The van der Waals surface area contributed by atoms with Gasteiger partial charge in [-0.2, -0.15) is 0 Å². The van der Waals surface area contributed by atoms with Gasteiger partial charge in [0.25, 0.3) is 0 Å². The number of aryl methyl sites for hydroxylation is 2. The first kappa shape index (κ1) is 25.5. The molecular formula is C33H40O4. The molecule has 37 heavy (non-hydrogen) atoms. The number of hydrogen-bond acceptors (Lipinski definition) is 4. The molecule has 0 unspecified atom stereocenters. The molecule has 4 N–H and O–H groups in total. The number of benzene rings is 3. The zero-order valence-corrected chi connectivity index (χ0v) is 22.1. The van der Waals surface area contributed by atoms with Crippen LogP contribution in [0.5, 0.6) is 23.0 Å². The lowest BCUT2D eigenvalue weighted by atomic mass is 9.75. The lowest BCUT2D eigenvalue weighted by Gasteiger charge is -2.29. The average molecular weight is 501 g/mol. The van der Waals surface area contributed by atoms with Crippen LogP contribution in [0.15, 0.2) is 42.5 Å². The summed E-state index contributed by atoms with van der Waals surface area (Å²) in [6, 6.07) is 13.2. The van der Waals surface area contributed by atoms with Crippen LogP contribution >= 0.6 is 0 Å². The molecule has 2 aliphatic rings. The minimum Gasteiger partial charge on any atom is -0.508 e. The van der Waals surface area contributed by atoms with Gasteiger partial charge in [0.15, 0.2) is 11.5 Å². The molecule has 5 rings (SSSR count). The molecule has 0 heterocycles. The van der Waals surface area contributed by atoms with Crippen LogP contribution in [0.25, 0.3) is 0 Å². The van der Waals surface area contributed by atoms with Crippen LogP contribution in [0, 0.1) is 13.8 Å². The third-order valence-corrected chi connectivity index (χ3v) is 8.90. The highest BCUT2D eigenvalue weighted by Crippen LogP contribution is 2.48. The summed E-state index contributed by atoms with van der Waals surface area (Å²) in [5.41, 5.74) is 6.51. The maximum atomic E-state index is 11.1. The maximum absolute atomic E-state index is 11.1. The summed E-state index contributed by atoms with van der Waals surface area (Å²) in [5, 5.41) is 43.5. The highest BCUT2D eigenvalue weighted by molar-refractivity contribution is 5.59. The molecule has 2 aliphatic carbocycles. The van der Waals surface area contributed by atoms with E-state index in [2.05, 4.69) is 12.1 Å². The van der Waals surface area contributed by atoms with Gasteiger partial charge >= 0.3 is 0 Å². The van der Waals surface area contributed by atoms with Crippen LogP contribution in [0.1, 0.15) is 121 Å². The zero-order chi connectivity index (χ0) is 26.1. The van der Waals surface area contributed by atoms with Crippen molar-refractivity contribution in [1.82, 2.24) is 0 Å². The van der Waals surface area contributed by atoms with Crippen LogP contribution in [0.2, 0.25) is 0 Å². The van der Waals surface area contributed by atoms with Crippen LogP contribution in [0.3, 0.4) is 0 Å². The van der Waals surface area contributed by atoms with E-state index in [9.17, 15) is 20.4 Å². The van der Waals surface area contributed by atoms with E-state index in [0.29, 0.717) is 28.9 Å². The predicted molar refractivity (Wildman–Crippen MR) is 148 cm³/mol. The number of hydrogen-bond donors (Lipinski definition) is 4. The fourth-order valence-electron chi connectivity index (χ4n) is 6.84. The Morgan fingerprint density at radius 1 is 0.568 bits per heavy atom. The SMILES string of the molecule is Cc1cc(O)c(C2CCCCC2)cc1C(c1cc(C2CCCCC2)c(O)cc1C)c1cccc(O)c1O. The highest BCUT2D eigenvalue weighted by Gasteiger charge is 2.29. The molecule has 0 saturated heterocycles. The summed E-state index contributed by atoms with van der Waals surface area (Å²) in [5.74, 6) is 0.726. The second-order valence-electron chi connectivity index (χ2n) is 11.4. The standard InChI is InChI=1S/C33H40O4/c1-20-16-30(35)27(22-10-5-3-6-11-22)18-25(20)32(24-14-9-15-29(34)33(24)37)26-19-28(31(36)17-21(26)2)23-12-7-4-8-13-23/h9,14-19,22-23,32,34-37H,3-8,10-13H2,1-2H3. The summed E-state index contributed by atoms with van der Waals surface area (Å²) in [6.07, 6.45) is 11.5. The van der Waals surface area contributed by atoms with Gasteiger partial charge in [0.2, 0.25) is 0 Å². The van der Waals surface area contributed by atoms with Crippen molar-refractivity contribution in [2.45, 2.75) is 95.8 Å². The molecule has 4 nitrogen and oxygen atoms in total. The van der Waals surface area contributed by atoms with Gasteiger partial charge in [-0.3, -0.25) is 0 Å². The van der Waals surface area contributed by atoms with Crippen molar-refractivity contribution in [3.63, 3.8) is 0 Å². The molecule has 0 bridgehead atoms. The van der Waals surface area contributed by atoms with Crippen molar-refractivity contribution in [3.05, 3.63) is 81.4 Å². The molecular weight excluding hydrogens is 460 g/mol. The van der Waals surface area contributed by atoms with E-state index in [1.165, 1.54) is 44.6 Å². The van der Waals surface area contributed by atoms with Crippen molar-refractivity contribution in [3.8, 4) is 23.0 Å². The van der Waals surface area contributed by atoms with Gasteiger partial charge in [0.1, 0.15) is 11.5 Å². The Bertz CT molecular complexity index is 1190. The molecule has 0 atom stereocenters. The van der Waals surface area contributed by atoms with Crippen molar-refractivity contribution in [2.75, 3.05) is 0 Å². The zero-order valence-electron chi connectivity index (χ0n) is 22.1. The second-order valence-corrected chi connectivity index (χ2v) is 11.4. The monoisotopic (exact) mass is 500 g/mol. The summed E-state index contributed by atoms with van der Waals surface area (Å²) in [6.45, 7) is 4.01. The third kappa shape index (κ3) is 5.03. The Morgan fingerprint density at radius 3 is 1.49 bits per heavy atom. The molecule has 0 spiro atoms. The Morgan fingerprint density at radius 2 is 1.03 bits per heavy atom. The van der Waals surface area contributed by atoms with Gasteiger partial charge in [-0.1, -0.05) is 62.8 Å². The number of para-hydroxylation sites is 1. The van der Waals surface area contributed by atoms with Gasteiger partial charge in [-0.15, -0.1) is 0 Å². The first-order valence-corrected chi connectivity index (χ1v) is 14.0. The van der Waals surface area contributed by atoms with Crippen LogP contribution < -0.4 is 0 Å². The quantitative estimate of drug-likeness (QED) is 0.209. The smallest absolute Gasteiger partial charge is 0.161 e. The van der Waals surface area contributed by atoms with Gasteiger partial charge in [0.05, 0.1) is 0 Å². The first-order valence-electron chi connectivity index (χ1n) is 14.0. The van der Waals surface area contributed by atoms with Crippen molar-refractivity contribution in [2.24, 2.45) is 0 Å². The molecule has 196 valence electrons. The molecule has 4 heteroatoms. The number of rotatable bonds is 5. The fourth-order valence-corrected chi connectivity index (χ4v) is 6.84. The number of phenolic OH excluding ortho intramolecular Hbond substituents is 4. The summed E-state index contributed by atoms with van der Waals surface area (Å²) in [4.78, 5) is 0. The molecule has 3 aromatic carbocycles. The molecule has 2 fully saturated rings. The van der Waals surface area contributed by atoms with Crippen molar-refractivity contribution < 1.29 is 20.4 Å². The fraction of sp³-hybridized carbons (Fsp3) is 0.455. The highest BCUT2D eigenvalue weighted by atomic mass is 16.3. The Balaban J connectivity index is 1.72. The molecule has 0 radical (unpaired) electrons. The molecule has 0 aliphatic heterocycles. The lowest BCUT2D eigenvalue weighted by molar-refractivity contribution is 0.398. The summed E-state index contributed by atoms with van der Waals surface area (Å²) < 4.78 is 0. The Kier molecular flexibility index (Phi) is 7.37. The van der Waals surface area contributed by atoms with E-state index in [0.717, 1.165) is 59.1 Å². The summed E-state index contributed by atoms with van der Waals surface area (Å²) in [7, 11) is 0. The number of aromatic hydroxyl groups is 4. The summed E-state index contributed by atoms with van der Waals surface area (Å²) >= 11 is 0. The van der Waals surface area contributed by atoms with E-state index >= 15 is 0 Å². The minimum atomic E-state index is -0.349. The number of phenols is 4. The normalized spacial score (nSPS) is 17.4. The topological polar surface area (TPSA) is 80.9 Å². The van der Waals surface area contributed by atoms with Crippen LogP contribution in [-0.4, -0.2) is 20.4 Å². The Labute approximate surface area is 220 Å². The molecule has 2 saturated carbocycles. The van der Waals surface area contributed by atoms with E-state index in [4.69, 9.17) is 0 Å². The molecule has 0 amide bonds. The van der Waals surface area contributed by atoms with Crippen molar-refractivity contribution >= 4 is 0 Å². The predicted octanol–water partition coefficient (Wildman–Crippen LogP) is 8.40. The Hall–Kier alpha value is -3.14. The minimum absolute atomic E-state index is 0.120. The second kappa shape index (κ2) is 10.7. The first-order chi connectivity index (χ1) is 17.8. The largest absolute Gasteiger partial charge is 0.508 e. The van der Waals surface area contributed by atoms with Crippen LogP contribution in [0.4, 0.5) is 0 Å². The maximum Gasteiger partial charge on any atom is 0.161 e. The van der Waals surface area contributed by atoms with Gasteiger partial charge in [-0.25, -0.2) is 0 Å². The van der Waals surface area contributed by atoms with E-state index in [1.807, 2.05) is 32.0 Å². The van der Waals surface area contributed by atoms with Crippen LogP contribution in [-0.2, 0) is 0 Å². The molecule has 3 aromatic rings. The van der Waals surface area contributed by atoms with Gasteiger partial charge in [-0.05, 0) is 103 Å².